The second kappa shape index (κ2) is 6.11. The van der Waals surface area contributed by atoms with Crippen LogP contribution in [0.25, 0.3) is 0 Å². The lowest BCUT2D eigenvalue weighted by molar-refractivity contribution is 0.0884. The molecule has 2 heterocycles. The minimum Gasteiger partial charge on any atom is -0.346 e. The topological polar surface area (TPSA) is 64.7 Å². The van der Waals surface area contributed by atoms with E-state index in [0.717, 1.165) is 6.54 Å². The van der Waals surface area contributed by atoms with Crippen molar-refractivity contribution in [2.75, 3.05) is 0 Å². The van der Waals surface area contributed by atoms with Crippen LogP contribution in [0.1, 0.15) is 38.2 Å². The van der Waals surface area contributed by atoms with Crippen molar-refractivity contribution in [2.45, 2.75) is 46.8 Å². The molecule has 1 atom stereocenters. The first kappa shape index (κ1) is 15.3. The maximum Gasteiger partial charge on any atom is 0.272 e. The molecule has 0 fully saturated rings. The van der Waals surface area contributed by atoms with E-state index in [2.05, 4.69) is 36.3 Å². The fourth-order valence-electron chi connectivity index (χ4n) is 2.02. The van der Waals surface area contributed by atoms with Crippen LogP contribution in [0.4, 0.5) is 0 Å². The molecule has 1 amide bonds. The number of nitrogens with zero attached hydrogens (tertiary/aromatic N) is 4. The number of nitrogens with one attached hydrogen (secondary N) is 1. The van der Waals surface area contributed by atoms with Gasteiger partial charge < -0.3 is 5.32 Å². The van der Waals surface area contributed by atoms with Crippen molar-refractivity contribution >= 4 is 5.91 Å². The quantitative estimate of drug-likeness (QED) is 0.915. The van der Waals surface area contributed by atoms with E-state index in [1.807, 2.05) is 30.1 Å². The third-order valence-electron chi connectivity index (χ3n) is 3.48. The summed E-state index contributed by atoms with van der Waals surface area (Å²) in [5, 5.41) is 11.5. The van der Waals surface area contributed by atoms with Gasteiger partial charge in [-0.1, -0.05) is 20.8 Å². The van der Waals surface area contributed by atoms with E-state index in [4.69, 9.17) is 0 Å². The first-order valence-electron chi connectivity index (χ1n) is 7.22. The van der Waals surface area contributed by atoms with Gasteiger partial charge in [0, 0.05) is 25.1 Å². The van der Waals surface area contributed by atoms with Crippen molar-refractivity contribution in [2.24, 2.45) is 5.41 Å². The summed E-state index contributed by atoms with van der Waals surface area (Å²) in [6, 6.07) is 3.59. The van der Waals surface area contributed by atoms with E-state index in [0.29, 0.717) is 12.2 Å². The third-order valence-corrected chi connectivity index (χ3v) is 3.48. The minimum atomic E-state index is -0.144. The molecule has 0 aliphatic carbocycles. The Morgan fingerprint density at radius 3 is 2.62 bits per heavy atom. The molecule has 0 saturated heterocycles. The van der Waals surface area contributed by atoms with Crippen LogP contribution in [-0.2, 0) is 13.1 Å². The monoisotopic (exact) mass is 289 g/mol. The number of hydrogen-bond acceptors (Lipinski definition) is 3. The van der Waals surface area contributed by atoms with Crippen LogP contribution >= 0.6 is 0 Å². The highest BCUT2D eigenvalue weighted by atomic mass is 16.2. The van der Waals surface area contributed by atoms with Gasteiger partial charge in [-0.3, -0.25) is 14.2 Å². The van der Waals surface area contributed by atoms with Crippen LogP contribution in [0.15, 0.2) is 30.7 Å². The zero-order valence-electron chi connectivity index (χ0n) is 13.1. The Labute approximate surface area is 125 Å². The molecular weight excluding hydrogens is 266 g/mol. The highest BCUT2D eigenvalue weighted by molar-refractivity contribution is 5.92. The SMILES string of the molecule is CCn1ccc(C(=O)N[C@H](Cn2cccn2)C(C)(C)C)n1. The van der Waals surface area contributed by atoms with Crippen LogP contribution in [0, 0.1) is 5.41 Å². The summed E-state index contributed by atoms with van der Waals surface area (Å²) in [5.41, 5.74) is 0.376. The van der Waals surface area contributed by atoms with Crippen LogP contribution in [0.2, 0.25) is 0 Å². The van der Waals surface area contributed by atoms with Crippen molar-refractivity contribution in [1.29, 1.82) is 0 Å². The van der Waals surface area contributed by atoms with Gasteiger partial charge in [-0.05, 0) is 24.5 Å². The van der Waals surface area contributed by atoms with E-state index in [-0.39, 0.29) is 17.4 Å². The second-order valence-corrected chi connectivity index (χ2v) is 6.18. The average Bonchev–Trinajstić information content (AvgIpc) is 3.07. The molecule has 1 N–H and O–H groups in total. The predicted molar refractivity (Wildman–Crippen MR) is 80.8 cm³/mol. The highest BCUT2D eigenvalue weighted by Crippen LogP contribution is 2.21. The molecule has 0 bridgehead atoms. The number of rotatable bonds is 5. The minimum absolute atomic E-state index is 0.0309. The number of hydrogen-bond donors (Lipinski definition) is 1. The first-order chi connectivity index (χ1) is 9.90. The van der Waals surface area contributed by atoms with E-state index < -0.39 is 0 Å². The number of carbonyl (C=O) groups is 1. The molecule has 6 nitrogen and oxygen atoms in total. The fourth-order valence-corrected chi connectivity index (χ4v) is 2.02. The summed E-state index contributed by atoms with van der Waals surface area (Å²) in [6.07, 6.45) is 5.45. The molecule has 2 aromatic heterocycles. The van der Waals surface area contributed by atoms with E-state index in [1.165, 1.54) is 0 Å². The molecule has 21 heavy (non-hydrogen) atoms. The molecule has 114 valence electrons. The first-order valence-corrected chi connectivity index (χ1v) is 7.22. The number of amides is 1. The number of aryl methyl sites for hydroxylation is 1. The van der Waals surface area contributed by atoms with E-state index in [9.17, 15) is 4.79 Å². The third kappa shape index (κ3) is 3.93. The normalized spacial score (nSPS) is 13.1. The molecule has 2 rings (SSSR count). The maximum absolute atomic E-state index is 12.3. The zero-order chi connectivity index (χ0) is 15.5. The van der Waals surface area contributed by atoms with Gasteiger partial charge in [0.05, 0.1) is 12.6 Å². The molecule has 0 aliphatic rings. The van der Waals surface area contributed by atoms with Gasteiger partial charge in [-0.15, -0.1) is 0 Å². The van der Waals surface area contributed by atoms with Crippen LogP contribution in [0.5, 0.6) is 0 Å². The zero-order valence-corrected chi connectivity index (χ0v) is 13.1. The summed E-state index contributed by atoms with van der Waals surface area (Å²) in [7, 11) is 0. The fraction of sp³-hybridized carbons (Fsp3) is 0.533. The van der Waals surface area contributed by atoms with Crippen LogP contribution in [-0.4, -0.2) is 31.5 Å². The van der Waals surface area contributed by atoms with Crippen molar-refractivity contribution in [3.63, 3.8) is 0 Å². The standard InChI is InChI=1S/C15H23N5O/c1-5-19-10-7-12(18-19)14(21)17-13(15(2,3)4)11-20-9-6-8-16-20/h6-10,13H,5,11H2,1-4H3,(H,17,21)/t13-/m1/s1. The molecule has 0 unspecified atom stereocenters. The van der Waals surface area contributed by atoms with Crippen molar-refractivity contribution < 1.29 is 4.79 Å². The summed E-state index contributed by atoms with van der Waals surface area (Å²) in [4.78, 5) is 12.3. The summed E-state index contributed by atoms with van der Waals surface area (Å²) >= 11 is 0. The average molecular weight is 289 g/mol. The highest BCUT2D eigenvalue weighted by Gasteiger charge is 2.27. The summed E-state index contributed by atoms with van der Waals surface area (Å²) < 4.78 is 3.58. The Kier molecular flexibility index (Phi) is 4.45. The lowest BCUT2D eigenvalue weighted by atomic mass is 9.86. The van der Waals surface area contributed by atoms with Gasteiger partial charge in [0.15, 0.2) is 0 Å². The lowest BCUT2D eigenvalue weighted by Gasteiger charge is -2.31. The molecule has 0 aromatic carbocycles. The molecule has 0 aliphatic heterocycles. The smallest absolute Gasteiger partial charge is 0.272 e. The number of aromatic nitrogens is 4. The van der Waals surface area contributed by atoms with Gasteiger partial charge in [0.25, 0.3) is 5.91 Å². The second-order valence-electron chi connectivity index (χ2n) is 6.18. The van der Waals surface area contributed by atoms with Gasteiger partial charge >= 0.3 is 0 Å². The van der Waals surface area contributed by atoms with Crippen molar-refractivity contribution in [1.82, 2.24) is 24.9 Å². The molecule has 0 radical (unpaired) electrons. The summed E-state index contributed by atoms with van der Waals surface area (Å²) in [5.74, 6) is -0.144. The van der Waals surface area contributed by atoms with Crippen LogP contribution < -0.4 is 5.32 Å². The molecular formula is C15H23N5O. The Morgan fingerprint density at radius 1 is 1.33 bits per heavy atom. The molecule has 0 saturated carbocycles. The maximum atomic E-state index is 12.3. The predicted octanol–water partition coefficient (Wildman–Crippen LogP) is 1.94. The largest absolute Gasteiger partial charge is 0.346 e. The Morgan fingerprint density at radius 2 is 2.10 bits per heavy atom. The molecule has 0 spiro atoms. The molecule has 6 heteroatoms. The number of carbonyl (C=O) groups excluding carboxylic acids is 1. The van der Waals surface area contributed by atoms with Gasteiger partial charge in [0.2, 0.25) is 0 Å². The van der Waals surface area contributed by atoms with Gasteiger partial charge in [-0.2, -0.15) is 10.2 Å². The lowest BCUT2D eigenvalue weighted by Crippen LogP contribution is -2.46. The Bertz CT molecular complexity index is 579. The van der Waals surface area contributed by atoms with Crippen molar-refractivity contribution in [3.8, 4) is 0 Å². The van der Waals surface area contributed by atoms with E-state index in [1.54, 1.807) is 16.9 Å². The van der Waals surface area contributed by atoms with E-state index >= 15 is 0 Å². The van der Waals surface area contributed by atoms with Gasteiger partial charge in [0.1, 0.15) is 5.69 Å². The van der Waals surface area contributed by atoms with Gasteiger partial charge in [-0.25, -0.2) is 0 Å². The Balaban J connectivity index is 2.09. The van der Waals surface area contributed by atoms with Crippen LogP contribution in [0.3, 0.4) is 0 Å². The Hall–Kier alpha value is -2.11. The summed E-state index contributed by atoms with van der Waals surface area (Å²) in [6.45, 7) is 9.69. The van der Waals surface area contributed by atoms with Crippen molar-refractivity contribution in [3.05, 3.63) is 36.4 Å². The molecule has 2 aromatic rings.